The standard InChI is InChI=1S/C17H29NO2/c1-6-14(10-19)18-16(11(2)3)17(20)15-8-7-12(4)9-13(15)5/h7-9,11,14,16-20H,6,10H2,1-5H3. The van der Waals surface area contributed by atoms with Crippen LogP contribution in [0, 0.1) is 19.8 Å². The Morgan fingerprint density at radius 1 is 1.20 bits per heavy atom. The lowest BCUT2D eigenvalue weighted by Gasteiger charge is -2.32. The van der Waals surface area contributed by atoms with Crippen LogP contribution in [0.3, 0.4) is 0 Å². The van der Waals surface area contributed by atoms with E-state index in [2.05, 4.69) is 32.2 Å². The van der Waals surface area contributed by atoms with Crippen LogP contribution in [0.1, 0.15) is 50.0 Å². The molecule has 1 aromatic rings. The van der Waals surface area contributed by atoms with Crippen molar-refractivity contribution >= 4 is 0 Å². The molecule has 114 valence electrons. The molecule has 1 rings (SSSR count). The van der Waals surface area contributed by atoms with Crippen LogP contribution in [0.2, 0.25) is 0 Å². The zero-order valence-electron chi connectivity index (χ0n) is 13.4. The van der Waals surface area contributed by atoms with E-state index in [9.17, 15) is 10.2 Å². The summed E-state index contributed by atoms with van der Waals surface area (Å²) in [6.07, 6.45) is 0.287. The number of aryl methyl sites for hydroxylation is 2. The van der Waals surface area contributed by atoms with Crippen LogP contribution in [-0.2, 0) is 0 Å². The highest BCUT2D eigenvalue weighted by Gasteiger charge is 2.26. The summed E-state index contributed by atoms with van der Waals surface area (Å²) in [6.45, 7) is 10.4. The maximum atomic E-state index is 10.7. The largest absolute Gasteiger partial charge is 0.395 e. The maximum Gasteiger partial charge on any atom is 0.0948 e. The average Bonchev–Trinajstić information content (AvgIpc) is 2.39. The third-order valence-corrected chi connectivity index (χ3v) is 3.94. The SMILES string of the molecule is CCC(CO)NC(C(C)C)C(O)c1ccc(C)cc1C. The Labute approximate surface area is 123 Å². The van der Waals surface area contributed by atoms with Crippen molar-refractivity contribution in [1.82, 2.24) is 5.32 Å². The smallest absolute Gasteiger partial charge is 0.0948 e. The normalized spacial score (nSPS) is 16.2. The Hall–Kier alpha value is -0.900. The van der Waals surface area contributed by atoms with Crippen molar-refractivity contribution in [2.24, 2.45) is 5.92 Å². The second-order valence-corrected chi connectivity index (χ2v) is 6.03. The first-order valence-electron chi connectivity index (χ1n) is 7.52. The van der Waals surface area contributed by atoms with E-state index in [1.54, 1.807) is 0 Å². The molecule has 20 heavy (non-hydrogen) atoms. The van der Waals surface area contributed by atoms with Crippen LogP contribution in [0.25, 0.3) is 0 Å². The molecule has 0 amide bonds. The number of hydrogen-bond donors (Lipinski definition) is 3. The van der Waals surface area contributed by atoms with E-state index in [0.717, 1.165) is 17.5 Å². The van der Waals surface area contributed by atoms with Gasteiger partial charge in [0.15, 0.2) is 0 Å². The van der Waals surface area contributed by atoms with Crippen molar-refractivity contribution in [3.63, 3.8) is 0 Å². The Morgan fingerprint density at radius 3 is 2.30 bits per heavy atom. The van der Waals surface area contributed by atoms with Crippen molar-refractivity contribution in [3.05, 3.63) is 34.9 Å². The molecule has 3 unspecified atom stereocenters. The molecule has 1 aromatic carbocycles. The highest BCUT2D eigenvalue weighted by atomic mass is 16.3. The lowest BCUT2D eigenvalue weighted by atomic mass is 9.89. The van der Waals surface area contributed by atoms with E-state index in [0.29, 0.717) is 0 Å². The zero-order valence-corrected chi connectivity index (χ0v) is 13.4. The minimum absolute atomic E-state index is 0.0304. The summed E-state index contributed by atoms with van der Waals surface area (Å²) >= 11 is 0. The number of nitrogens with one attached hydrogen (secondary N) is 1. The van der Waals surface area contributed by atoms with Gasteiger partial charge in [0, 0.05) is 12.1 Å². The first-order valence-corrected chi connectivity index (χ1v) is 7.52. The van der Waals surface area contributed by atoms with Crippen LogP contribution >= 0.6 is 0 Å². The van der Waals surface area contributed by atoms with Crippen molar-refractivity contribution < 1.29 is 10.2 Å². The molecular weight excluding hydrogens is 250 g/mol. The van der Waals surface area contributed by atoms with Gasteiger partial charge in [-0.15, -0.1) is 0 Å². The van der Waals surface area contributed by atoms with Crippen LogP contribution in [0.15, 0.2) is 18.2 Å². The van der Waals surface area contributed by atoms with Crippen LogP contribution < -0.4 is 5.32 Å². The van der Waals surface area contributed by atoms with Crippen molar-refractivity contribution in [2.75, 3.05) is 6.61 Å². The van der Waals surface area contributed by atoms with Gasteiger partial charge < -0.3 is 15.5 Å². The molecule has 0 fully saturated rings. The molecule has 0 aliphatic heterocycles. The Kier molecular flexibility index (Phi) is 6.66. The lowest BCUT2D eigenvalue weighted by Crippen LogP contribution is -2.46. The molecule has 3 atom stereocenters. The van der Waals surface area contributed by atoms with Gasteiger partial charge in [-0.25, -0.2) is 0 Å². The van der Waals surface area contributed by atoms with Crippen molar-refractivity contribution in [3.8, 4) is 0 Å². The molecule has 3 nitrogen and oxygen atoms in total. The molecule has 0 heterocycles. The minimum Gasteiger partial charge on any atom is -0.395 e. The van der Waals surface area contributed by atoms with Gasteiger partial charge in [-0.3, -0.25) is 0 Å². The van der Waals surface area contributed by atoms with Crippen LogP contribution in [0.5, 0.6) is 0 Å². The predicted octanol–water partition coefficient (Wildman–Crippen LogP) is 2.72. The number of rotatable bonds is 7. The van der Waals surface area contributed by atoms with E-state index >= 15 is 0 Å². The van der Waals surface area contributed by atoms with Gasteiger partial charge in [0.05, 0.1) is 12.7 Å². The lowest BCUT2D eigenvalue weighted by molar-refractivity contribution is 0.0882. The summed E-state index contributed by atoms with van der Waals surface area (Å²) in [7, 11) is 0. The monoisotopic (exact) mass is 279 g/mol. The molecule has 0 saturated heterocycles. The molecule has 0 saturated carbocycles. The summed E-state index contributed by atoms with van der Waals surface area (Å²) in [6, 6.07) is 6.11. The summed E-state index contributed by atoms with van der Waals surface area (Å²) in [5.41, 5.74) is 3.28. The van der Waals surface area contributed by atoms with Gasteiger partial charge in [-0.05, 0) is 37.3 Å². The molecule has 0 spiro atoms. The highest BCUT2D eigenvalue weighted by molar-refractivity contribution is 5.32. The fraction of sp³-hybridized carbons (Fsp3) is 0.647. The predicted molar refractivity (Wildman–Crippen MR) is 83.8 cm³/mol. The summed E-state index contributed by atoms with van der Waals surface area (Å²) < 4.78 is 0. The minimum atomic E-state index is -0.559. The summed E-state index contributed by atoms with van der Waals surface area (Å²) in [5, 5.41) is 23.5. The molecular formula is C17H29NO2. The molecule has 3 N–H and O–H groups in total. The van der Waals surface area contributed by atoms with E-state index in [1.165, 1.54) is 5.56 Å². The van der Waals surface area contributed by atoms with Crippen LogP contribution in [-0.4, -0.2) is 28.9 Å². The summed E-state index contributed by atoms with van der Waals surface area (Å²) in [5.74, 6) is 0.284. The third-order valence-electron chi connectivity index (χ3n) is 3.94. The van der Waals surface area contributed by atoms with E-state index in [1.807, 2.05) is 26.0 Å². The highest BCUT2D eigenvalue weighted by Crippen LogP contribution is 2.26. The van der Waals surface area contributed by atoms with E-state index in [-0.39, 0.29) is 24.6 Å². The quantitative estimate of drug-likeness (QED) is 0.719. The second kappa shape index (κ2) is 7.77. The number of aliphatic hydroxyl groups is 2. The topological polar surface area (TPSA) is 52.5 Å². The molecule has 0 aliphatic carbocycles. The fourth-order valence-electron chi connectivity index (χ4n) is 2.57. The fourth-order valence-corrected chi connectivity index (χ4v) is 2.57. The molecule has 0 aliphatic rings. The third kappa shape index (κ3) is 4.30. The van der Waals surface area contributed by atoms with Gasteiger partial charge in [-0.2, -0.15) is 0 Å². The second-order valence-electron chi connectivity index (χ2n) is 6.03. The Morgan fingerprint density at radius 2 is 1.85 bits per heavy atom. The average molecular weight is 279 g/mol. The Balaban J connectivity index is 2.96. The first kappa shape index (κ1) is 17.2. The van der Waals surface area contributed by atoms with E-state index in [4.69, 9.17) is 0 Å². The van der Waals surface area contributed by atoms with Gasteiger partial charge in [0.2, 0.25) is 0 Å². The molecule has 3 heteroatoms. The van der Waals surface area contributed by atoms with Gasteiger partial charge >= 0.3 is 0 Å². The van der Waals surface area contributed by atoms with E-state index < -0.39 is 6.10 Å². The number of aliphatic hydroxyl groups excluding tert-OH is 2. The van der Waals surface area contributed by atoms with Gasteiger partial charge in [0.25, 0.3) is 0 Å². The van der Waals surface area contributed by atoms with Crippen LogP contribution in [0.4, 0.5) is 0 Å². The molecule has 0 radical (unpaired) electrons. The Bertz CT molecular complexity index is 413. The van der Waals surface area contributed by atoms with Gasteiger partial charge in [0.1, 0.15) is 0 Å². The first-order chi connectivity index (χ1) is 9.40. The zero-order chi connectivity index (χ0) is 15.3. The molecule has 0 aromatic heterocycles. The van der Waals surface area contributed by atoms with Gasteiger partial charge in [-0.1, -0.05) is 44.5 Å². The summed E-state index contributed by atoms with van der Waals surface area (Å²) in [4.78, 5) is 0. The number of hydrogen-bond acceptors (Lipinski definition) is 3. The van der Waals surface area contributed by atoms with Crippen molar-refractivity contribution in [2.45, 2.75) is 59.2 Å². The maximum absolute atomic E-state index is 10.7. The van der Waals surface area contributed by atoms with Crippen molar-refractivity contribution in [1.29, 1.82) is 0 Å². The number of benzene rings is 1. The molecule has 0 bridgehead atoms.